The Balaban J connectivity index is 1.57. The summed E-state index contributed by atoms with van der Waals surface area (Å²) < 4.78 is 27.4. The van der Waals surface area contributed by atoms with Crippen molar-refractivity contribution in [1.82, 2.24) is 14.7 Å². The molecule has 0 amide bonds. The highest BCUT2D eigenvalue weighted by Crippen LogP contribution is 2.16. The highest BCUT2D eigenvalue weighted by atomic mass is 32.2. The van der Waals surface area contributed by atoms with Crippen molar-refractivity contribution in [3.8, 4) is 0 Å². The molecule has 8 heteroatoms. The molecule has 2 N–H and O–H groups in total. The van der Waals surface area contributed by atoms with Gasteiger partial charge in [0.2, 0.25) is 16.0 Å². The van der Waals surface area contributed by atoms with Gasteiger partial charge in [0.25, 0.3) is 5.56 Å². The number of aromatic amines is 1. The van der Waals surface area contributed by atoms with Crippen LogP contribution in [0.5, 0.6) is 0 Å². The topological polar surface area (TPSA) is 95.2 Å². The summed E-state index contributed by atoms with van der Waals surface area (Å²) in [5, 5.41) is 1.21. The summed E-state index contributed by atoms with van der Waals surface area (Å²) in [5.41, 5.74) is 2.46. The van der Waals surface area contributed by atoms with Gasteiger partial charge < -0.3 is 4.90 Å². The zero-order valence-corrected chi connectivity index (χ0v) is 16.3. The first kappa shape index (κ1) is 19.3. The highest BCUT2D eigenvalue weighted by Gasteiger charge is 2.23. The van der Waals surface area contributed by atoms with Gasteiger partial charge >= 0.3 is 0 Å². The molecule has 0 spiro atoms. The van der Waals surface area contributed by atoms with Crippen molar-refractivity contribution in [3.63, 3.8) is 0 Å². The van der Waals surface area contributed by atoms with E-state index in [1.54, 1.807) is 13.0 Å². The van der Waals surface area contributed by atoms with E-state index in [0.717, 1.165) is 11.1 Å². The van der Waals surface area contributed by atoms with E-state index in [1.807, 2.05) is 36.1 Å². The molecule has 144 valence electrons. The van der Waals surface area contributed by atoms with Crippen LogP contribution in [0.25, 0.3) is 6.08 Å². The largest absolute Gasteiger partial charge is 0.342 e. The van der Waals surface area contributed by atoms with E-state index in [-0.39, 0.29) is 11.6 Å². The minimum atomic E-state index is -3.51. The van der Waals surface area contributed by atoms with Gasteiger partial charge in [0.15, 0.2) is 0 Å². The monoisotopic (exact) mass is 388 g/mol. The molecule has 1 saturated heterocycles. The molecule has 2 heterocycles. The van der Waals surface area contributed by atoms with Gasteiger partial charge in [-0.2, -0.15) is 0 Å². The van der Waals surface area contributed by atoms with E-state index < -0.39 is 10.0 Å². The lowest BCUT2D eigenvalue weighted by molar-refractivity contribution is 0.458. The predicted octanol–water partition coefficient (Wildman–Crippen LogP) is 1.95. The molecule has 1 aliphatic rings. The van der Waals surface area contributed by atoms with Crippen LogP contribution < -0.4 is 15.2 Å². The Morgan fingerprint density at radius 2 is 1.85 bits per heavy atom. The van der Waals surface area contributed by atoms with Crippen molar-refractivity contribution in [2.45, 2.75) is 32.7 Å². The molecule has 0 unspecified atom stereocenters. The fourth-order valence-electron chi connectivity index (χ4n) is 3.04. The molecular formula is C19H24N4O3S. The molecular weight excluding hydrogens is 364 g/mol. The second-order valence-electron chi connectivity index (χ2n) is 6.85. The Morgan fingerprint density at radius 1 is 1.19 bits per heavy atom. The number of anilines is 1. The average Bonchev–Trinajstić information content (AvgIpc) is 2.61. The Bertz CT molecular complexity index is 973. The molecule has 0 aliphatic carbocycles. The van der Waals surface area contributed by atoms with Crippen LogP contribution in [-0.2, 0) is 10.0 Å². The van der Waals surface area contributed by atoms with Crippen LogP contribution in [0.3, 0.4) is 0 Å². The molecule has 0 saturated carbocycles. The smallest absolute Gasteiger partial charge is 0.252 e. The maximum Gasteiger partial charge on any atom is 0.252 e. The zero-order chi connectivity index (χ0) is 19.4. The molecule has 27 heavy (non-hydrogen) atoms. The van der Waals surface area contributed by atoms with Crippen LogP contribution >= 0.6 is 0 Å². The van der Waals surface area contributed by atoms with Gasteiger partial charge in [-0.15, -0.1) is 0 Å². The van der Waals surface area contributed by atoms with Crippen LogP contribution in [0.1, 0.15) is 29.7 Å². The molecule has 1 aromatic heterocycles. The summed E-state index contributed by atoms with van der Waals surface area (Å²) in [5.74, 6) is 0.542. The molecule has 3 rings (SSSR count). The molecule has 0 bridgehead atoms. The molecule has 1 fully saturated rings. The standard InChI is InChI=1S/C19H24N4O3S/c1-14-3-5-16(6-4-14)9-12-27(25,26)22-17-7-10-23(11-8-17)19-20-15(2)13-18(24)21-19/h3-6,9,12-13,17,22H,7-8,10-11H2,1-2H3,(H,20,21,24)/b12-9+. The predicted molar refractivity (Wildman–Crippen MR) is 107 cm³/mol. The lowest BCUT2D eigenvalue weighted by Crippen LogP contribution is -2.45. The third-order valence-electron chi connectivity index (χ3n) is 4.50. The maximum atomic E-state index is 12.3. The van der Waals surface area contributed by atoms with E-state index in [1.165, 1.54) is 11.5 Å². The third kappa shape index (κ3) is 5.51. The number of hydrogen-bond donors (Lipinski definition) is 2. The van der Waals surface area contributed by atoms with Crippen LogP contribution in [0.2, 0.25) is 0 Å². The zero-order valence-electron chi connectivity index (χ0n) is 15.5. The summed E-state index contributed by atoms with van der Waals surface area (Å²) in [6, 6.07) is 8.97. The molecule has 0 atom stereocenters. The molecule has 7 nitrogen and oxygen atoms in total. The lowest BCUT2D eigenvalue weighted by atomic mass is 10.1. The number of hydrogen-bond acceptors (Lipinski definition) is 5. The van der Waals surface area contributed by atoms with Gasteiger partial charge in [-0.3, -0.25) is 9.78 Å². The summed E-state index contributed by atoms with van der Waals surface area (Å²) in [6.45, 7) is 5.02. The normalized spacial score (nSPS) is 16.1. The number of sulfonamides is 1. The first-order valence-corrected chi connectivity index (χ1v) is 10.5. The highest BCUT2D eigenvalue weighted by molar-refractivity contribution is 7.92. The van der Waals surface area contributed by atoms with Gasteiger partial charge in [0.1, 0.15) is 0 Å². The SMILES string of the molecule is Cc1ccc(/C=C/S(=O)(=O)NC2CCN(c3nc(C)cc(=O)[nH]3)CC2)cc1. The van der Waals surface area contributed by atoms with Crippen molar-refractivity contribution in [1.29, 1.82) is 0 Å². The summed E-state index contributed by atoms with van der Waals surface area (Å²) >= 11 is 0. The van der Waals surface area contributed by atoms with E-state index >= 15 is 0 Å². The van der Waals surface area contributed by atoms with Crippen LogP contribution in [-0.4, -0.2) is 37.5 Å². The fourth-order valence-corrected chi connectivity index (χ4v) is 4.15. The molecule has 1 aromatic carbocycles. The Labute approximate surface area is 159 Å². The van der Waals surface area contributed by atoms with Crippen LogP contribution in [0.4, 0.5) is 5.95 Å². The second-order valence-corrected chi connectivity index (χ2v) is 8.45. The number of aromatic nitrogens is 2. The summed E-state index contributed by atoms with van der Waals surface area (Å²) in [6.07, 6.45) is 2.89. The van der Waals surface area contributed by atoms with Gasteiger partial charge in [0.05, 0.1) is 0 Å². The molecule has 2 aromatic rings. The Hall–Kier alpha value is -2.45. The minimum Gasteiger partial charge on any atom is -0.342 e. The second kappa shape index (κ2) is 8.06. The summed E-state index contributed by atoms with van der Waals surface area (Å²) in [4.78, 5) is 20.6. The fraction of sp³-hybridized carbons (Fsp3) is 0.368. The van der Waals surface area contributed by atoms with E-state index in [4.69, 9.17) is 0 Å². The first-order valence-electron chi connectivity index (χ1n) is 8.91. The molecule has 1 aliphatic heterocycles. The van der Waals surface area contributed by atoms with E-state index in [0.29, 0.717) is 37.6 Å². The number of nitrogens with zero attached hydrogens (tertiary/aromatic N) is 2. The number of piperidine rings is 1. The van der Waals surface area contributed by atoms with Crippen molar-refractivity contribution in [2.75, 3.05) is 18.0 Å². The van der Waals surface area contributed by atoms with Crippen LogP contribution in [0.15, 0.2) is 40.5 Å². The van der Waals surface area contributed by atoms with Gasteiger partial charge in [-0.25, -0.2) is 18.1 Å². The summed E-state index contributed by atoms with van der Waals surface area (Å²) in [7, 11) is -3.51. The average molecular weight is 388 g/mol. The van der Waals surface area contributed by atoms with Crippen molar-refractivity contribution < 1.29 is 8.42 Å². The van der Waals surface area contributed by atoms with Crippen molar-refractivity contribution >= 4 is 22.0 Å². The lowest BCUT2D eigenvalue weighted by Gasteiger charge is -2.32. The first-order chi connectivity index (χ1) is 12.8. The Morgan fingerprint density at radius 3 is 2.48 bits per heavy atom. The number of benzene rings is 1. The van der Waals surface area contributed by atoms with Crippen molar-refractivity contribution in [3.05, 3.63) is 62.9 Å². The van der Waals surface area contributed by atoms with Gasteiger partial charge in [-0.1, -0.05) is 29.8 Å². The molecule has 0 radical (unpaired) electrons. The number of aryl methyl sites for hydroxylation is 2. The number of rotatable bonds is 5. The van der Waals surface area contributed by atoms with E-state index in [2.05, 4.69) is 14.7 Å². The maximum absolute atomic E-state index is 12.3. The number of H-pyrrole nitrogens is 1. The van der Waals surface area contributed by atoms with Crippen molar-refractivity contribution in [2.24, 2.45) is 0 Å². The number of nitrogens with one attached hydrogen (secondary N) is 2. The van der Waals surface area contributed by atoms with Gasteiger partial charge in [0, 0.05) is 36.3 Å². The van der Waals surface area contributed by atoms with Gasteiger partial charge in [-0.05, 0) is 38.3 Å². The Kier molecular flexibility index (Phi) is 5.76. The van der Waals surface area contributed by atoms with E-state index in [9.17, 15) is 13.2 Å². The van der Waals surface area contributed by atoms with Crippen LogP contribution in [0, 0.1) is 13.8 Å². The minimum absolute atomic E-state index is 0.134. The quantitative estimate of drug-likeness (QED) is 0.816. The third-order valence-corrected chi connectivity index (χ3v) is 5.66.